The topological polar surface area (TPSA) is 142 Å². The second-order valence-electron chi connectivity index (χ2n) is 11.1. The summed E-state index contributed by atoms with van der Waals surface area (Å²) in [5, 5.41) is 13.4. The van der Waals surface area contributed by atoms with Crippen LogP contribution in [-0.2, 0) is 14.3 Å². The zero-order valence-corrected chi connectivity index (χ0v) is 24.5. The van der Waals surface area contributed by atoms with E-state index in [-0.39, 0.29) is 35.8 Å². The molecule has 14 heteroatoms. The van der Waals surface area contributed by atoms with Crippen molar-refractivity contribution >= 4 is 46.1 Å². The maximum atomic E-state index is 15.3. The van der Waals surface area contributed by atoms with Gasteiger partial charge in [0.25, 0.3) is 0 Å². The van der Waals surface area contributed by atoms with E-state index < -0.39 is 35.4 Å². The molecule has 1 saturated heterocycles. The molecule has 6 rings (SSSR count). The van der Waals surface area contributed by atoms with Gasteiger partial charge in [-0.15, -0.1) is 0 Å². The predicted octanol–water partition coefficient (Wildman–Crippen LogP) is 5.05. The highest BCUT2D eigenvalue weighted by Crippen LogP contribution is 2.36. The molecule has 0 bridgehead atoms. The first-order valence-corrected chi connectivity index (χ1v) is 14.5. The smallest absolute Gasteiger partial charge is 0.331 e. The molecule has 2 atom stereocenters. The number of methoxy groups -OCH3 is 1. The third-order valence-electron chi connectivity index (χ3n) is 7.89. The number of carbonyl (C=O) groups is 3. The molecule has 4 aromatic rings. The van der Waals surface area contributed by atoms with E-state index in [2.05, 4.69) is 25.8 Å². The molecule has 234 valence electrons. The summed E-state index contributed by atoms with van der Waals surface area (Å²) in [6, 6.07) is 9.65. The summed E-state index contributed by atoms with van der Waals surface area (Å²) in [4.78, 5) is 46.9. The van der Waals surface area contributed by atoms with Gasteiger partial charge in [0.15, 0.2) is 23.0 Å². The number of hydrogen-bond acceptors (Lipinski definition) is 8. The van der Waals surface area contributed by atoms with Crippen LogP contribution in [0.15, 0.2) is 54.7 Å². The van der Waals surface area contributed by atoms with Crippen LogP contribution in [0.4, 0.5) is 30.8 Å². The number of H-pyrrole nitrogens is 1. The Labute approximate surface area is 256 Å². The number of benzene rings is 2. The number of urea groups is 1. The highest BCUT2D eigenvalue weighted by molar-refractivity contribution is 6.23. The Bertz CT molecular complexity index is 1740. The monoisotopic (exact) mass is 619 g/mol. The fraction of sp³-hybridized carbons (Fsp3) is 0.323. The molecule has 2 aromatic carbocycles. The van der Waals surface area contributed by atoms with E-state index in [9.17, 15) is 18.8 Å². The standard InChI is InChI=1S/C31H31F2N7O5/c1-17(16-44-2)35-28-26-25(12-13-34-27(26)37-38-28)45-24-11-8-19(14-23(24)33)36-29(41)22-15-39(20-4-3-5-20)31(43)40(30(22)42)21-9-6-18(32)7-10-21/h6-14,17,20,22H,3-5,15-16H2,1-2H3,(H,36,41)(H2,34,35,37,38)/t17-,22?/m0/s1. The fourth-order valence-electron chi connectivity index (χ4n) is 5.40. The van der Waals surface area contributed by atoms with Gasteiger partial charge in [-0.25, -0.2) is 23.5 Å². The van der Waals surface area contributed by atoms with Crippen molar-refractivity contribution in [3.05, 3.63) is 66.4 Å². The van der Waals surface area contributed by atoms with Gasteiger partial charge in [0.05, 0.1) is 12.3 Å². The molecule has 2 aromatic heterocycles. The van der Waals surface area contributed by atoms with Crippen molar-refractivity contribution in [2.45, 2.75) is 38.3 Å². The molecule has 12 nitrogen and oxygen atoms in total. The third kappa shape index (κ3) is 6.00. The minimum atomic E-state index is -1.26. The van der Waals surface area contributed by atoms with Crippen molar-refractivity contribution in [2.24, 2.45) is 5.92 Å². The Hall–Kier alpha value is -5.11. The maximum absolute atomic E-state index is 15.3. The van der Waals surface area contributed by atoms with E-state index in [1.165, 1.54) is 35.4 Å². The summed E-state index contributed by atoms with van der Waals surface area (Å²) >= 11 is 0. The number of rotatable bonds is 10. The van der Waals surface area contributed by atoms with Gasteiger partial charge in [0, 0.05) is 49.8 Å². The van der Waals surface area contributed by atoms with Crippen LogP contribution in [0.3, 0.4) is 0 Å². The Morgan fingerprint density at radius 1 is 1.11 bits per heavy atom. The number of anilines is 3. The van der Waals surface area contributed by atoms with E-state index >= 15 is 4.39 Å². The quantitative estimate of drug-likeness (QED) is 0.210. The second-order valence-corrected chi connectivity index (χ2v) is 11.1. The van der Waals surface area contributed by atoms with E-state index in [0.717, 1.165) is 42.4 Å². The number of nitrogens with one attached hydrogen (secondary N) is 3. The van der Waals surface area contributed by atoms with Crippen molar-refractivity contribution in [2.75, 3.05) is 35.8 Å². The van der Waals surface area contributed by atoms with Gasteiger partial charge in [0.2, 0.25) is 11.8 Å². The van der Waals surface area contributed by atoms with Crippen LogP contribution in [0.1, 0.15) is 26.2 Å². The molecule has 1 saturated carbocycles. The summed E-state index contributed by atoms with van der Waals surface area (Å²) < 4.78 is 40.0. The number of ether oxygens (including phenoxy) is 2. The molecule has 1 aliphatic carbocycles. The molecule has 2 aliphatic rings. The summed E-state index contributed by atoms with van der Waals surface area (Å²) in [5.41, 5.74) is 0.692. The average Bonchev–Trinajstić information content (AvgIpc) is 3.39. The van der Waals surface area contributed by atoms with Crippen molar-refractivity contribution in [1.29, 1.82) is 0 Å². The number of fused-ring (bicyclic) bond motifs is 1. The summed E-state index contributed by atoms with van der Waals surface area (Å²) in [7, 11) is 1.59. The summed E-state index contributed by atoms with van der Waals surface area (Å²) in [5.74, 6) is -3.35. The van der Waals surface area contributed by atoms with E-state index in [4.69, 9.17) is 9.47 Å². The van der Waals surface area contributed by atoms with E-state index in [1.807, 2.05) is 6.92 Å². The van der Waals surface area contributed by atoms with E-state index in [1.54, 1.807) is 13.2 Å². The maximum Gasteiger partial charge on any atom is 0.331 e. The Balaban J connectivity index is 1.20. The summed E-state index contributed by atoms with van der Waals surface area (Å²) in [6.45, 7) is 2.23. The van der Waals surface area contributed by atoms with Crippen molar-refractivity contribution < 1.29 is 32.6 Å². The van der Waals surface area contributed by atoms with E-state index in [0.29, 0.717) is 29.2 Å². The van der Waals surface area contributed by atoms with Gasteiger partial charge in [-0.1, -0.05) is 0 Å². The third-order valence-corrected chi connectivity index (χ3v) is 7.89. The average molecular weight is 620 g/mol. The highest BCUT2D eigenvalue weighted by atomic mass is 19.1. The van der Waals surface area contributed by atoms with Crippen molar-refractivity contribution in [1.82, 2.24) is 20.1 Å². The molecular weight excluding hydrogens is 588 g/mol. The number of halogens is 2. The van der Waals surface area contributed by atoms with Crippen LogP contribution in [0.25, 0.3) is 11.0 Å². The van der Waals surface area contributed by atoms with Crippen LogP contribution < -0.4 is 20.3 Å². The van der Waals surface area contributed by atoms with Gasteiger partial charge < -0.3 is 25.0 Å². The Kier molecular flexibility index (Phi) is 8.30. The molecule has 1 aliphatic heterocycles. The Morgan fingerprint density at radius 3 is 2.58 bits per heavy atom. The minimum Gasteiger partial charge on any atom is -0.453 e. The first kappa shape index (κ1) is 29.9. The lowest BCUT2D eigenvalue weighted by molar-refractivity contribution is -0.132. The zero-order valence-electron chi connectivity index (χ0n) is 24.5. The van der Waals surface area contributed by atoms with Crippen LogP contribution in [-0.4, -0.2) is 70.3 Å². The second kappa shape index (κ2) is 12.5. The van der Waals surface area contributed by atoms with Crippen LogP contribution in [0.5, 0.6) is 11.5 Å². The number of nitrogens with zero attached hydrogens (tertiary/aromatic N) is 4. The molecule has 2 fully saturated rings. The number of hydrogen-bond donors (Lipinski definition) is 3. The lowest BCUT2D eigenvalue weighted by atomic mass is 9.89. The molecule has 0 spiro atoms. The molecule has 0 radical (unpaired) electrons. The number of aromatic nitrogens is 3. The van der Waals surface area contributed by atoms with Gasteiger partial charge in [-0.2, -0.15) is 5.10 Å². The molecular formula is C31H31F2N7O5. The fourth-order valence-corrected chi connectivity index (χ4v) is 5.40. The van der Waals surface area contributed by atoms with Crippen LogP contribution in [0, 0.1) is 17.6 Å². The molecule has 1 unspecified atom stereocenters. The predicted molar refractivity (Wildman–Crippen MR) is 161 cm³/mol. The minimum absolute atomic E-state index is 0.0769. The normalized spacial score (nSPS) is 17.7. The number of pyridine rings is 1. The van der Waals surface area contributed by atoms with Gasteiger partial charge >= 0.3 is 6.03 Å². The summed E-state index contributed by atoms with van der Waals surface area (Å²) in [6.07, 6.45) is 3.94. The van der Waals surface area contributed by atoms with Crippen molar-refractivity contribution in [3.8, 4) is 11.5 Å². The highest BCUT2D eigenvalue weighted by Gasteiger charge is 2.46. The number of aromatic amines is 1. The first-order valence-electron chi connectivity index (χ1n) is 14.5. The Morgan fingerprint density at radius 2 is 1.89 bits per heavy atom. The molecule has 45 heavy (non-hydrogen) atoms. The van der Waals surface area contributed by atoms with Crippen LogP contribution in [0.2, 0.25) is 0 Å². The first-order chi connectivity index (χ1) is 21.7. The zero-order chi connectivity index (χ0) is 31.7. The molecule has 3 heterocycles. The SMILES string of the molecule is COC[C@H](C)Nc1n[nH]c2nccc(Oc3ccc(NC(=O)C4CN(C5CCC5)C(=O)N(c5ccc(F)cc5)C4=O)cc3F)c12. The largest absolute Gasteiger partial charge is 0.453 e. The van der Waals surface area contributed by atoms with Gasteiger partial charge in [-0.05, 0) is 62.6 Å². The lowest BCUT2D eigenvalue weighted by Gasteiger charge is -2.44. The molecule has 4 amide bonds. The van der Waals surface area contributed by atoms with Crippen molar-refractivity contribution in [3.63, 3.8) is 0 Å². The van der Waals surface area contributed by atoms with Crippen LogP contribution >= 0.6 is 0 Å². The van der Waals surface area contributed by atoms with Gasteiger partial charge in [0.1, 0.15) is 22.9 Å². The number of imide groups is 1. The lowest BCUT2D eigenvalue weighted by Crippen LogP contribution is -2.63. The van der Waals surface area contributed by atoms with Gasteiger partial charge in [-0.3, -0.25) is 14.7 Å². The molecule has 3 N–H and O–H groups in total. The number of carbonyl (C=O) groups excluding carboxylic acids is 3. The number of amides is 4.